The van der Waals surface area contributed by atoms with Crippen LogP contribution < -0.4 is 0 Å². The molecule has 0 aromatic heterocycles. The lowest BCUT2D eigenvalue weighted by Gasteiger charge is -2.51. The fourth-order valence-corrected chi connectivity index (χ4v) is 3.47. The first-order valence-corrected chi connectivity index (χ1v) is 8.85. The number of quaternary nitrogens is 1. The van der Waals surface area contributed by atoms with Crippen molar-refractivity contribution in [1.29, 1.82) is 0 Å². The number of hydrogen-bond donors (Lipinski definition) is 0. The van der Waals surface area contributed by atoms with Crippen molar-refractivity contribution in [3.05, 3.63) is 0 Å². The van der Waals surface area contributed by atoms with Crippen LogP contribution in [0.1, 0.15) is 92.9 Å². The lowest BCUT2D eigenvalue weighted by Crippen LogP contribution is -2.62. The summed E-state index contributed by atoms with van der Waals surface area (Å²) >= 11 is 0. The lowest BCUT2D eigenvalue weighted by molar-refractivity contribution is -0.973. The topological polar surface area (TPSA) is 0 Å². The molecule has 19 heavy (non-hydrogen) atoms. The molecule has 0 atom stereocenters. The summed E-state index contributed by atoms with van der Waals surface area (Å²) in [5.74, 6) is 0. The zero-order valence-corrected chi connectivity index (χ0v) is 14.7. The van der Waals surface area contributed by atoms with E-state index in [0.717, 1.165) is 0 Å². The van der Waals surface area contributed by atoms with Crippen LogP contribution in [-0.2, 0) is 0 Å². The molecule has 0 aliphatic heterocycles. The van der Waals surface area contributed by atoms with Crippen molar-refractivity contribution in [2.45, 2.75) is 98.4 Å². The van der Waals surface area contributed by atoms with Gasteiger partial charge < -0.3 is 4.48 Å². The molecular formula is C18H40N+. The third-order valence-corrected chi connectivity index (χ3v) is 4.96. The highest BCUT2D eigenvalue weighted by Crippen LogP contribution is 2.32. The maximum absolute atomic E-state index is 2.53. The molecule has 0 radical (unpaired) electrons. The Morgan fingerprint density at radius 2 is 1.00 bits per heavy atom. The quantitative estimate of drug-likeness (QED) is 0.394. The Morgan fingerprint density at radius 1 is 0.632 bits per heavy atom. The smallest absolute Gasteiger partial charge is 0.0935 e. The van der Waals surface area contributed by atoms with Crippen molar-refractivity contribution in [3.63, 3.8) is 0 Å². The minimum Gasteiger partial charge on any atom is -0.319 e. The largest absolute Gasteiger partial charge is 0.319 e. The molecule has 0 N–H and O–H groups in total. The number of unbranched alkanes of at least 4 members (excludes halogenated alkanes) is 3. The molecule has 0 aromatic rings. The standard InChI is InChI=1S/C18H40N/c1-7-11-15-19(16-12-8-2,17-13-9-3)18(5,6)14-10-4/h7-17H2,1-6H3/q+1. The molecule has 1 heteroatoms. The van der Waals surface area contributed by atoms with Crippen LogP contribution in [0.2, 0.25) is 0 Å². The molecular weight excluding hydrogens is 230 g/mol. The number of rotatable bonds is 12. The summed E-state index contributed by atoms with van der Waals surface area (Å²) in [5, 5.41) is 0. The Labute approximate surface area is 123 Å². The van der Waals surface area contributed by atoms with E-state index in [1.807, 2.05) is 0 Å². The van der Waals surface area contributed by atoms with Crippen LogP contribution in [0.3, 0.4) is 0 Å². The fourth-order valence-electron chi connectivity index (χ4n) is 3.47. The van der Waals surface area contributed by atoms with E-state index in [1.165, 1.54) is 75.5 Å². The number of nitrogens with zero attached hydrogens (tertiary/aromatic N) is 1. The lowest BCUT2D eigenvalue weighted by atomic mass is 9.90. The van der Waals surface area contributed by atoms with Gasteiger partial charge in [0, 0.05) is 6.42 Å². The molecule has 0 heterocycles. The molecule has 0 fully saturated rings. The summed E-state index contributed by atoms with van der Waals surface area (Å²) < 4.78 is 1.37. The van der Waals surface area contributed by atoms with E-state index in [0.29, 0.717) is 5.54 Å². The van der Waals surface area contributed by atoms with Crippen LogP contribution in [0.25, 0.3) is 0 Å². The molecule has 0 aliphatic carbocycles. The van der Waals surface area contributed by atoms with Gasteiger partial charge in [0.05, 0.1) is 25.2 Å². The van der Waals surface area contributed by atoms with Crippen molar-refractivity contribution in [3.8, 4) is 0 Å². The molecule has 0 aromatic carbocycles. The summed E-state index contributed by atoms with van der Waals surface area (Å²) in [6, 6.07) is 0. The van der Waals surface area contributed by atoms with Crippen molar-refractivity contribution in [2.75, 3.05) is 19.6 Å². The van der Waals surface area contributed by atoms with Gasteiger partial charge in [-0.05, 0) is 33.1 Å². The van der Waals surface area contributed by atoms with Gasteiger partial charge in [-0.15, -0.1) is 0 Å². The average molecular weight is 271 g/mol. The minimum atomic E-state index is 0.453. The van der Waals surface area contributed by atoms with E-state index in [4.69, 9.17) is 0 Å². The maximum Gasteiger partial charge on any atom is 0.0935 e. The summed E-state index contributed by atoms with van der Waals surface area (Å²) in [6.07, 6.45) is 10.9. The average Bonchev–Trinajstić information content (AvgIpc) is 2.38. The first-order valence-electron chi connectivity index (χ1n) is 8.85. The second kappa shape index (κ2) is 9.80. The Balaban J connectivity index is 5.06. The molecule has 0 rings (SSSR count). The normalized spacial score (nSPS) is 12.9. The van der Waals surface area contributed by atoms with Crippen molar-refractivity contribution >= 4 is 0 Å². The molecule has 116 valence electrons. The fraction of sp³-hybridized carbons (Fsp3) is 1.00. The Kier molecular flexibility index (Phi) is 9.78. The van der Waals surface area contributed by atoms with E-state index in [-0.39, 0.29) is 0 Å². The molecule has 0 saturated heterocycles. The molecule has 0 saturated carbocycles. The third-order valence-electron chi connectivity index (χ3n) is 4.96. The van der Waals surface area contributed by atoms with E-state index in [2.05, 4.69) is 41.5 Å². The Hall–Kier alpha value is -0.0400. The Bertz CT molecular complexity index is 186. The third kappa shape index (κ3) is 5.85. The van der Waals surface area contributed by atoms with E-state index in [1.54, 1.807) is 0 Å². The first-order chi connectivity index (χ1) is 8.99. The van der Waals surface area contributed by atoms with Gasteiger partial charge in [0.15, 0.2) is 0 Å². The molecule has 0 bridgehead atoms. The number of hydrogen-bond acceptors (Lipinski definition) is 0. The summed E-state index contributed by atoms with van der Waals surface area (Å²) in [7, 11) is 0. The zero-order valence-electron chi connectivity index (χ0n) is 14.7. The van der Waals surface area contributed by atoms with Crippen LogP contribution in [0.15, 0.2) is 0 Å². The van der Waals surface area contributed by atoms with Crippen molar-refractivity contribution in [2.24, 2.45) is 0 Å². The van der Waals surface area contributed by atoms with Crippen LogP contribution in [0.4, 0.5) is 0 Å². The Morgan fingerprint density at radius 3 is 1.26 bits per heavy atom. The van der Waals surface area contributed by atoms with Crippen LogP contribution >= 0.6 is 0 Å². The van der Waals surface area contributed by atoms with Gasteiger partial charge in [0.1, 0.15) is 0 Å². The van der Waals surface area contributed by atoms with Crippen LogP contribution in [-0.4, -0.2) is 29.7 Å². The highest BCUT2D eigenvalue weighted by Gasteiger charge is 2.41. The van der Waals surface area contributed by atoms with Gasteiger partial charge in [-0.2, -0.15) is 0 Å². The summed E-state index contributed by atoms with van der Waals surface area (Å²) in [4.78, 5) is 0. The highest BCUT2D eigenvalue weighted by atomic mass is 15.4. The highest BCUT2D eigenvalue weighted by molar-refractivity contribution is 4.71. The van der Waals surface area contributed by atoms with E-state index in [9.17, 15) is 0 Å². The van der Waals surface area contributed by atoms with Crippen LogP contribution in [0, 0.1) is 0 Å². The van der Waals surface area contributed by atoms with E-state index >= 15 is 0 Å². The van der Waals surface area contributed by atoms with Gasteiger partial charge >= 0.3 is 0 Å². The molecule has 0 aliphatic rings. The van der Waals surface area contributed by atoms with Crippen LogP contribution in [0.5, 0.6) is 0 Å². The van der Waals surface area contributed by atoms with E-state index < -0.39 is 0 Å². The van der Waals surface area contributed by atoms with Gasteiger partial charge in [0.25, 0.3) is 0 Å². The van der Waals surface area contributed by atoms with Gasteiger partial charge in [0.2, 0.25) is 0 Å². The van der Waals surface area contributed by atoms with Gasteiger partial charge in [-0.3, -0.25) is 0 Å². The monoisotopic (exact) mass is 270 g/mol. The summed E-state index contributed by atoms with van der Waals surface area (Å²) in [6.45, 7) is 18.6. The first kappa shape index (κ1) is 19.0. The second-order valence-corrected chi connectivity index (χ2v) is 6.94. The predicted octanol–water partition coefficient (Wildman–Crippen LogP) is 5.78. The SMILES string of the molecule is CCCC[N+](CCCC)(CCCC)C(C)(C)CCC. The van der Waals surface area contributed by atoms with Gasteiger partial charge in [-0.25, -0.2) is 0 Å². The molecule has 0 amide bonds. The second-order valence-electron chi connectivity index (χ2n) is 6.94. The minimum absolute atomic E-state index is 0.453. The van der Waals surface area contributed by atoms with Crippen molar-refractivity contribution in [1.82, 2.24) is 0 Å². The van der Waals surface area contributed by atoms with Crippen molar-refractivity contribution < 1.29 is 4.48 Å². The molecule has 0 unspecified atom stereocenters. The summed E-state index contributed by atoms with van der Waals surface area (Å²) in [5.41, 5.74) is 0.453. The van der Waals surface area contributed by atoms with Gasteiger partial charge in [-0.1, -0.05) is 53.4 Å². The maximum atomic E-state index is 2.53. The zero-order chi connectivity index (χ0) is 14.8. The molecule has 1 nitrogen and oxygen atoms in total. The molecule has 0 spiro atoms. The predicted molar refractivity (Wildman–Crippen MR) is 88.6 cm³/mol.